The molecule has 6 nitrogen and oxygen atoms in total. The van der Waals surface area contributed by atoms with Crippen LogP contribution in [0.2, 0.25) is 0 Å². The van der Waals surface area contributed by atoms with Gasteiger partial charge in [0.05, 0.1) is 0 Å². The predicted octanol–water partition coefficient (Wildman–Crippen LogP) is 3.96. The number of anilines is 1. The molecule has 0 aromatic heterocycles. The topological polar surface area (TPSA) is 72.0 Å². The van der Waals surface area contributed by atoms with Gasteiger partial charge in [-0.3, -0.25) is 0 Å². The molecule has 6 heteroatoms. The number of methoxy groups -OCH3 is 1. The molecule has 1 aromatic carbocycles. The van der Waals surface area contributed by atoms with Gasteiger partial charge in [0, 0.05) is 50.0 Å². The Morgan fingerprint density at radius 1 is 1.35 bits per heavy atom. The predicted molar refractivity (Wildman–Crippen MR) is 126 cm³/mol. The number of nitrogens with one attached hydrogen (secondary N) is 2. The minimum Gasteiger partial charge on any atom is -0.494 e. The summed E-state index contributed by atoms with van der Waals surface area (Å²) in [6, 6.07) is 5.86. The van der Waals surface area contributed by atoms with Gasteiger partial charge in [-0.1, -0.05) is 30.9 Å². The smallest absolute Gasteiger partial charge is 0.128 e. The lowest BCUT2D eigenvalue weighted by Gasteiger charge is -2.31. The van der Waals surface area contributed by atoms with E-state index in [0.717, 1.165) is 41.3 Å². The van der Waals surface area contributed by atoms with Crippen molar-refractivity contribution in [1.29, 1.82) is 0 Å². The number of hydrogen-bond acceptors (Lipinski definition) is 6. The van der Waals surface area contributed by atoms with E-state index in [1.54, 1.807) is 13.2 Å². The van der Waals surface area contributed by atoms with E-state index in [-0.39, 0.29) is 6.61 Å². The first-order chi connectivity index (χ1) is 14.9. The quantitative estimate of drug-likeness (QED) is 0.387. The summed E-state index contributed by atoms with van der Waals surface area (Å²) < 4.78 is 17.2. The number of rotatable bonds is 10. The Balaban J connectivity index is 0.00000107. The number of fused-ring (bicyclic) bond motifs is 1. The average molecular weight is 429 g/mol. The van der Waals surface area contributed by atoms with Crippen LogP contribution < -0.4 is 15.4 Å². The fourth-order valence-corrected chi connectivity index (χ4v) is 3.31. The van der Waals surface area contributed by atoms with Crippen LogP contribution in [0.3, 0.4) is 0 Å². The lowest BCUT2D eigenvalue weighted by Crippen LogP contribution is -2.35. The monoisotopic (exact) mass is 428 g/mol. The molecule has 1 heterocycles. The first-order valence-electron chi connectivity index (χ1n) is 10.6. The van der Waals surface area contributed by atoms with E-state index in [0.29, 0.717) is 19.7 Å². The van der Waals surface area contributed by atoms with Crippen LogP contribution in [0, 0.1) is 0 Å². The van der Waals surface area contributed by atoms with Crippen molar-refractivity contribution in [3.63, 3.8) is 0 Å². The summed E-state index contributed by atoms with van der Waals surface area (Å²) in [5, 5.41) is 16.6. The van der Waals surface area contributed by atoms with Gasteiger partial charge in [0.2, 0.25) is 0 Å². The van der Waals surface area contributed by atoms with Crippen molar-refractivity contribution >= 4 is 5.69 Å². The molecular formula is C25H36N2O4. The zero-order valence-electron chi connectivity index (χ0n) is 18.9. The van der Waals surface area contributed by atoms with E-state index in [4.69, 9.17) is 14.2 Å². The molecule has 0 radical (unpaired) electrons. The fraction of sp³-hybridized carbons (Fsp3) is 0.440. The van der Waals surface area contributed by atoms with E-state index in [9.17, 15) is 5.11 Å². The third-order valence-electron chi connectivity index (χ3n) is 5.05. The van der Waals surface area contributed by atoms with Crippen LogP contribution in [-0.2, 0) is 15.9 Å². The Morgan fingerprint density at radius 3 is 2.87 bits per heavy atom. The molecule has 1 aliphatic carbocycles. The van der Waals surface area contributed by atoms with Crippen molar-refractivity contribution in [2.45, 2.75) is 38.4 Å². The number of allylic oxidation sites excluding steroid dienone is 4. The highest BCUT2D eigenvalue weighted by Gasteiger charge is 2.30. The summed E-state index contributed by atoms with van der Waals surface area (Å²) in [5.41, 5.74) is 2.68. The molecule has 0 spiro atoms. The van der Waals surface area contributed by atoms with Gasteiger partial charge < -0.3 is 30.0 Å². The third kappa shape index (κ3) is 7.28. The molecule has 0 saturated heterocycles. The molecule has 0 amide bonds. The van der Waals surface area contributed by atoms with E-state index < -0.39 is 11.7 Å². The number of aliphatic hydroxyl groups excluding tert-OH is 1. The second-order valence-corrected chi connectivity index (χ2v) is 7.71. The first kappa shape index (κ1) is 24.7. The molecule has 2 aliphatic rings. The summed E-state index contributed by atoms with van der Waals surface area (Å²) in [6.45, 7) is 13.0. The number of aliphatic hydroxyl groups is 1. The van der Waals surface area contributed by atoms with Gasteiger partial charge in [0.1, 0.15) is 36.4 Å². The van der Waals surface area contributed by atoms with Gasteiger partial charge in [0.15, 0.2) is 0 Å². The average Bonchev–Trinajstić information content (AvgIpc) is 3.14. The van der Waals surface area contributed by atoms with Crippen LogP contribution >= 0.6 is 0 Å². The van der Waals surface area contributed by atoms with E-state index >= 15 is 0 Å². The van der Waals surface area contributed by atoms with Crippen LogP contribution in [0.4, 0.5) is 5.69 Å². The third-order valence-corrected chi connectivity index (χ3v) is 5.05. The summed E-state index contributed by atoms with van der Waals surface area (Å²) >= 11 is 0. The minimum absolute atomic E-state index is 0.231. The summed E-state index contributed by atoms with van der Waals surface area (Å²) in [7, 11) is 1.69. The standard InChI is InChI=1S/C22H30N2O4.C3H6/c1-16-13-18-19(24-16)7-6-8-20(18)28-15-17(25)14-23-11-12-27-21-9-4-5-10-22(21,2)26-3;1-3-2/h4-9,17,23-25H,1,10-15H2,2-3H3;3H,1H2,2H3. The first-order valence-corrected chi connectivity index (χ1v) is 10.6. The van der Waals surface area contributed by atoms with Gasteiger partial charge in [0.25, 0.3) is 0 Å². The molecule has 0 saturated carbocycles. The van der Waals surface area contributed by atoms with Crippen molar-refractivity contribution in [2.24, 2.45) is 0 Å². The molecule has 2 atom stereocenters. The van der Waals surface area contributed by atoms with Gasteiger partial charge in [-0.05, 0) is 32.1 Å². The SMILES string of the molecule is C=C1Cc2c(cccc2OCC(O)CNCCOC2=CC=CCC2(C)OC)N1.C=CC. The molecule has 0 bridgehead atoms. The van der Waals surface area contributed by atoms with E-state index in [1.807, 2.05) is 44.2 Å². The summed E-state index contributed by atoms with van der Waals surface area (Å²) in [6.07, 6.45) is 8.69. The van der Waals surface area contributed by atoms with Gasteiger partial charge in [-0.15, -0.1) is 6.58 Å². The molecule has 2 unspecified atom stereocenters. The molecule has 1 aromatic rings. The lowest BCUT2D eigenvalue weighted by molar-refractivity contribution is -0.0131. The molecule has 3 rings (SSSR count). The van der Waals surface area contributed by atoms with E-state index in [2.05, 4.69) is 29.9 Å². The van der Waals surface area contributed by atoms with Crippen LogP contribution in [0.15, 0.2) is 67.1 Å². The number of hydrogen-bond donors (Lipinski definition) is 3. The molecule has 3 N–H and O–H groups in total. The van der Waals surface area contributed by atoms with Crippen molar-refractivity contribution < 1.29 is 19.3 Å². The maximum Gasteiger partial charge on any atom is 0.128 e. The Bertz CT molecular complexity index is 803. The van der Waals surface area contributed by atoms with Gasteiger partial charge in [-0.2, -0.15) is 0 Å². The molecule has 31 heavy (non-hydrogen) atoms. The largest absolute Gasteiger partial charge is 0.494 e. The van der Waals surface area contributed by atoms with E-state index in [1.165, 1.54) is 0 Å². The lowest BCUT2D eigenvalue weighted by atomic mass is 9.95. The molecule has 170 valence electrons. The minimum atomic E-state index is -0.602. The van der Waals surface area contributed by atoms with Crippen LogP contribution in [0.5, 0.6) is 5.75 Å². The zero-order chi connectivity index (χ0) is 22.7. The van der Waals surface area contributed by atoms with Crippen LogP contribution in [0.25, 0.3) is 0 Å². The van der Waals surface area contributed by atoms with Crippen molar-refractivity contribution in [2.75, 3.05) is 38.7 Å². The Hall–Kier alpha value is -2.54. The molecule has 1 aliphatic heterocycles. The van der Waals surface area contributed by atoms with Crippen molar-refractivity contribution in [3.8, 4) is 5.75 Å². The summed E-state index contributed by atoms with van der Waals surface area (Å²) in [5.74, 6) is 1.62. The Kier molecular flexibility index (Phi) is 9.85. The maximum atomic E-state index is 10.2. The van der Waals surface area contributed by atoms with Gasteiger partial charge >= 0.3 is 0 Å². The van der Waals surface area contributed by atoms with Crippen molar-refractivity contribution in [1.82, 2.24) is 5.32 Å². The Labute approximate surface area is 186 Å². The van der Waals surface area contributed by atoms with Crippen molar-refractivity contribution in [3.05, 3.63) is 72.7 Å². The Morgan fingerprint density at radius 2 is 2.13 bits per heavy atom. The number of benzene rings is 1. The highest BCUT2D eigenvalue weighted by molar-refractivity contribution is 5.66. The highest BCUT2D eigenvalue weighted by atomic mass is 16.5. The number of ether oxygens (including phenoxy) is 3. The zero-order valence-corrected chi connectivity index (χ0v) is 18.9. The van der Waals surface area contributed by atoms with Gasteiger partial charge in [-0.25, -0.2) is 0 Å². The normalized spacial score (nSPS) is 20.0. The van der Waals surface area contributed by atoms with Crippen LogP contribution in [0.1, 0.15) is 25.8 Å². The highest BCUT2D eigenvalue weighted by Crippen LogP contribution is 2.34. The second kappa shape index (κ2) is 12.3. The molecule has 0 fully saturated rings. The second-order valence-electron chi connectivity index (χ2n) is 7.71. The maximum absolute atomic E-state index is 10.2. The summed E-state index contributed by atoms with van der Waals surface area (Å²) in [4.78, 5) is 0. The molecular weight excluding hydrogens is 392 g/mol. The van der Waals surface area contributed by atoms with Crippen LogP contribution in [-0.4, -0.2) is 50.2 Å². The fourth-order valence-electron chi connectivity index (χ4n) is 3.31.